The van der Waals surface area contributed by atoms with E-state index >= 15 is 4.39 Å². The molecule has 3 atom stereocenters. The Morgan fingerprint density at radius 1 is 0.903 bits per heavy atom. The van der Waals surface area contributed by atoms with Crippen molar-refractivity contribution in [1.82, 2.24) is 5.32 Å². The Hall–Kier alpha value is -1.60. The Balaban J connectivity index is 6.88. The predicted octanol–water partition coefficient (Wildman–Crippen LogP) is 5.75. The number of carbonyl (C=O) groups excluding carboxylic acids is 1. The number of amides is 1. The highest BCUT2D eigenvalue weighted by molar-refractivity contribution is 5.87. The fourth-order valence-corrected chi connectivity index (χ4v) is 2.93. The van der Waals surface area contributed by atoms with Crippen LogP contribution >= 0.6 is 0 Å². The van der Waals surface area contributed by atoms with Crippen LogP contribution < -0.4 is 5.32 Å². The van der Waals surface area contributed by atoms with Gasteiger partial charge >= 0.3 is 29.8 Å². The zero-order valence-corrected chi connectivity index (χ0v) is 16.9. The minimum atomic E-state index is -6.70. The number of carbonyl (C=O) groups is 1. The summed E-state index contributed by atoms with van der Waals surface area (Å²) in [6.07, 6.45) is -20.7. The normalized spacial score (nSPS) is 19.7. The molecule has 0 aliphatic carbocycles. The number of alkyl halides is 11. The van der Waals surface area contributed by atoms with Gasteiger partial charge in [0.05, 0.1) is 0 Å². The van der Waals surface area contributed by atoms with Crippen LogP contribution in [-0.4, -0.2) is 53.5 Å². The summed E-state index contributed by atoms with van der Waals surface area (Å²) in [7, 11) is 0. The van der Waals surface area contributed by atoms with E-state index < -0.39 is 66.4 Å². The largest absolute Gasteiger partial charge is 0.434 e. The molecule has 0 bridgehead atoms. The average Bonchev–Trinajstić information content (AvgIpc) is 2.54. The van der Waals surface area contributed by atoms with Gasteiger partial charge in [-0.3, -0.25) is 4.79 Å². The van der Waals surface area contributed by atoms with Gasteiger partial charge in [0.2, 0.25) is 0 Å². The second-order valence-electron chi connectivity index (χ2n) is 7.38. The van der Waals surface area contributed by atoms with Crippen LogP contribution in [0.15, 0.2) is 12.7 Å². The lowest BCUT2D eigenvalue weighted by atomic mass is 9.79. The highest BCUT2D eigenvalue weighted by atomic mass is 19.4. The van der Waals surface area contributed by atoms with Gasteiger partial charge in [0, 0.05) is 6.54 Å². The first kappa shape index (κ1) is 29.4. The van der Waals surface area contributed by atoms with Crippen LogP contribution in [0.5, 0.6) is 0 Å². The molecule has 0 saturated heterocycles. The summed E-state index contributed by atoms with van der Waals surface area (Å²) in [5.74, 6) is -2.59. The van der Waals surface area contributed by atoms with Crippen LogP contribution in [0.25, 0.3) is 0 Å². The summed E-state index contributed by atoms with van der Waals surface area (Å²) in [5.41, 5.74) is -20.1. The van der Waals surface area contributed by atoms with E-state index in [-0.39, 0.29) is 20.8 Å². The molecule has 0 aliphatic rings. The van der Waals surface area contributed by atoms with Crippen molar-refractivity contribution in [3.63, 3.8) is 0 Å². The molecule has 3 unspecified atom stereocenters. The number of nitrogens with one attached hydrogen (secondary N) is 1. The summed E-state index contributed by atoms with van der Waals surface area (Å²) in [5, 5.41) is 1.36. The zero-order valence-electron chi connectivity index (χ0n) is 16.9. The second-order valence-corrected chi connectivity index (χ2v) is 7.38. The third-order valence-electron chi connectivity index (χ3n) is 4.53. The quantitative estimate of drug-likeness (QED) is 0.319. The first-order chi connectivity index (χ1) is 13.5. The molecule has 0 saturated carbocycles. The fourth-order valence-electron chi connectivity index (χ4n) is 2.93. The maximum absolute atomic E-state index is 15.2. The number of rotatable bonds is 10. The van der Waals surface area contributed by atoms with Gasteiger partial charge in [-0.1, -0.05) is 19.4 Å². The molecule has 0 radical (unpaired) electrons. The number of hydrogen-bond acceptors (Lipinski definition) is 2. The lowest BCUT2D eigenvalue weighted by Gasteiger charge is -2.47. The van der Waals surface area contributed by atoms with Crippen LogP contribution in [0.3, 0.4) is 0 Å². The molecule has 0 aliphatic heterocycles. The molecular weight excluding hydrogens is 459 g/mol. The first-order valence-corrected chi connectivity index (χ1v) is 8.67. The van der Waals surface area contributed by atoms with Crippen molar-refractivity contribution in [2.24, 2.45) is 0 Å². The van der Waals surface area contributed by atoms with E-state index in [9.17, 15) is 48.7 Å². The number of hydrogen-bond donors (Lipinski definition) is 1. The Labute approximate surface area is 171 Å². The third-order valence-corrected chi connectivity index (χ3v) is 4.53. The van der Waals surface area contributed by atoms with E-state index in [1.165, 1.54) is 5.32 Å². The highest BCUT2D eigenvalue weighted by Crippen LogP contribution is 2.57. The standard InChI is InChI=1S/C17H22F11NO2/c1-6-8-12(5,13(19,15(21,22)23)10(30)29-9-7-2)31-17(27,28)14(20,11(3,4)18)16(24,25)26/h7H,2,6,8-9H2,1,3-5H3,(H,29,30). The van der Waals surface area contributed by atoms with E-state index in [2.05, 4.69) is 11.3 Å². The summed E-state index contributed by atoms with van der Waals surface area (Å²) in [6.45, 7) is 2.67. The fraction of sp³-hybridized carbons (Fsp3) is 0.824. The van der Waals surface area contributed by atoms with Gasteiger partial charge in [-0.2, -0.15) is 35.1 Å². The lowest BCUT2D eigenvalue weighted by Crippen LogP contribution is -2.73. The minimum absolute atomic E-state index is 0.0760. The molecular formula is C17H22F11NO2. The minimum Gasteiger partial charge on any atom is -0.349 e. The molecule has 0 aromatic rings. The van der Waals surface area contributed by atoms with Gasteiger partial charge in [-0.15, -0.1) is 6.58 Å². The topological polar surface area (TPSA) is 38.3 Å². The molecule has 0 heterocycles. The van der Waals surface area contributed by atoms with Crippen molar-refractivity contribution in [1.29, 1.82) is 0 Å². The van der Waals surface area contributed by atoms with Crippen LogP contribution in [0, 0.1) is 0 Å². The monoisotopic (exact) mass is 481 g/mol. The van der Waals surface area contributed by atoms with E-state index in [0.29, 0.717) is 0 Å². The molecule has 31 heavy (non-hydrogen) atoms. The van der Waals surface area contributed by atoms with Gasteiger partial charge in [0.25, 0.3) is 5.91 Å². The van der Waals surface area contributed by atoms with Crippen molar-refractivity contribution in [2.45, 2.75) is 81.6 Å². The molecule has 1 amide bonds. The van der Waals surface area contributed by atoms with E-state index in [1.54, 1.807) is 0 Å². The van der Waals surface area contributed by atoms with E-state index in [4.69, 9.17) is 0 Å². The lowest BCUT2D eigenvalue weighted by molar-refractivity contribution is -0.441. The summed E-state index contributed by atoms with van der Waals surface area (Å²) >= 11 is 0. The van der Waals surface area contributed by atoms with Crippen LogP contribution in [0.2, 0.25) is 0 Å². The van der Waals surface area contributed by atoms with Gasteiger partial charge in [-0.25, -0.2) is 13.2 Å². The summed E-state index contributed by atoms with van der Waals surface area (Å²) < 4.78 is 156. The maximum atomic E-state index is 15.2. The van der Waals surface area contributed by atoms with Gasteiger partial charge in [0.1, 0.15) is 5.60 Å². The molecule has 0 aromatic heterocycles. The van der Waals surface area contributed by atoms with Crippen molar-refractivity contribution >= 4 is 5.91 Å². The highest BCUT2D eigenvalue weighted by Gasteiger charge is 2.83. The summed E-state index contributed by atoms with van der Waals surface area (Å²) in [6, 6.07) is 0. The molecule has 0 spiro atoms. The SMILES string of the molecule is C=CCNC(=O)C(F)(C(F)(F)F)C(C)(CCC)OC(F)(F)C(F)(C(C)(C)F)C(F)(F)F. The Morgan fingerprint density at radius 2 is 1.35 bits per heavy atom. The second kappa shape index (κ2) is 8.74. The Bertz CT molecular complexity index is 640. The van der Waals surface area contributed by atoms with Crippen LogP contribution in [0.4, 0.5) is 48.3 Å². The molecule has 3 nitrogen and oxygen atoms in total. The Morgan fingerprint density at radius 3 is 1.65 bits per heavy atom. The van der Waals surface area contributed by atoms with E-state index in [1.807, 2.05) is 0 Å². The molecule has 0 rings (SSSR count). The molecule has 184 valence electrons. The van der Waals surface area contributed by atoms with E-state index in [0.717, 1.165) is 13.0 Å². The number of halogens is 11. The molecule has 0 fully saturated rings. The van der Waals surface area contributed by atoms with Crippen LogP contribution in [-0.2, 0) is 9.53 Å². The van der Waals surface area contributed by atoms with Crippen molar-refractivity contribution in [2.75, 3.05) is 6.54 Å². The molecule has 14 heteroatoms. The van der Waals surface area contributed by atoms with Crippen molar-refractivity contribution in [3.8, 4) is 0 Å². The summed E-state index contributed by atoms with van der Waals surface area (Å²) in [4.78, 5) is 12.0. The molecule has 0 aromatic carbocycles. The third kappa shape index (κ3) is 4.92. The maximum Gasteiger partial charge on any atom is 0.434 e. The Kier molecular flexibility index (Phi) is 8.29. The molecule has 1 N–H and O–H groups in total. The van der Waals surface area contributed by atoms with Gasteiger partial charge in [-0.05, 0) is 27.2 Å². The van der Waals surface area contributed by atoms with Gasteiger partial charge in [0.15, 0.2) is 5.67 Å². The number of ether oxygens (including phenoxy) is 1. The van der Waals surface area contributed by atoms with Crippen molar-refractivity contribution in [3.05, 3.63) is 12.7 Å². The smallest absolute Gasteiger partial charge is 0.349 e. The van der Waals surface area contributed by atoms with Gasteiger partial charge < -0.3 is 10.1 Å². The van der Waals surface area contributed by atoms with Crippen LogP contribution in [0.1, 0.15) is 40.5 Å². The van der Waals surface area contributed by atoms with Crippen molar-refractivity contribution < 1.29 is 57.8 Å². The average molecular weight is 481 g/mol. The first-order valence-electron chi connectivity index (χ1n) is 8.67. The predicted molar refractivity (Wildman–Crippen MR) is 87.5 cm³/mol. The zero-order chi connectivity index (χ0) is 25.3.